The number of nitrogens with one attached hydrogen (secondary N) is 1. The number of nitrogens with zero attached hydrogens (tertiary/aromatic N) is 1. The smallest absolute Gasteiger partial charge is 0.317 e. The third kappa shape index (κ3) is 4.62. The molecule has 1 aliphatic heterocycles. The summed E-state index contributed by atoms with van der Waals surface area (Å²) in [5.41, 5.74) is 0.951. The van der Waals surface area contributed by atoms with Crippen LogP contribution in [0.2, 0.25) is 5.02 Å². The van der Waals surface area contributed by atoms with Gasteiger partial charge in [0.1, 0.15) is 0 Å². The molecule has 4 nitrogen and oxygen atoms in total. The van der Waals surface area contributed by atoms with Crippen LogP contribution in [0, 0.1) is 5.92 Å². The molecule has 2 rings (SSSR count). The molecule has 0 aliphatic carbocycles. The number of rotatable bonds is 5. The fraction of sp³-hybridized carbons (Fsp3) is 0.588. The van der Waals surface area contributed by atoms with Crippen LogP contribution in [0.3, 0.4) is 0 Å². The second-order valence-corrected chi connectivity index (χ2v) is 6.31. The predicted molar refractivity (Wildman–Crippen MR) is 89.2 cm³/mol. The van der Waals surface area contributed by atoms with Crippen LogP contribution in [-0.4, -0.2) is 37.7 Å². The second kappa shape index (κ2) is 8.39. The maximum Gasteiger partial charge on any atom is 0.317 e. The molecule has 0 bridgehead atoms. The summed E-state index contributed by atoms with van der Waals surface area (Å²) in [4.78, 5) is 14.3. The molecule has 1 aliphatic rings. The summed E-state index contributed by atoms with van der Waals surface area (Å²) >= 11 is 6.18. The Morgan fingerprint density at radius 2 is 2.09 bits per heavy atom. The number of methoxy groups -OCH3 is 1. The van der Waals surface area contributed by atoms with E-state index in [9.17, 15) is 4.79 Å². The first-order chi connectivity index (χ1) is 10.6. The van der Waals surface area contributed by atoms with E-state index < -0.39 is 0 Å². The topological polar surface area (TPSA) is 41.6 Å². The molecule has 1 saturated heterocycles. The summed E-state index contributed by atoms with van der Waals surface area (Å²) in [6, 6.07) is 7.53. The number of ether oxygens (including phenoxy) is 1. The normalized spacial score (nSPS) is 17.3. The van der Waals surface area contributed by atoms with Gasteiger partial charge in [0, 0.05) is 31.8 Å². The van der Waals surface area contributed by atoms with Crippen LogP contribution in [0.15, 0.2) is 24.3 Å². The van der Waals surface area contributed by atoms with Crippen LogP contribution in [0.4, 0.5) is 4.79 Å². The second-order valence-electron chi connectivity index (χ2n) is 5.90. The number of benzene rings is 1. The van der Waals surface area contributed by atoms with Gasteiger partial charge >= 0.3 is 6.03 Å². The number of carbonyl (C=O) groups excluding carboxylic acids is 1. The summed E-state index contributed by atoms with van der Waals surface area (Å²) in [5.74, 6) is 0.671. The minimum atomic E-state index is -0.0904. The number of hydrogen-bond acceptors (Lipinski definition) is 2. The van der Waals surface area contributed by atoms with Crippen molar-refractivity contribution in [3.8, 4) is 0 Å². The molecule has 0 spiro atoms. The SMILES string of the molecule is COCCC1CCN(C(=O)N[C@@H](C)c2ccccc2Cl)CC1. The van der Waals surface area contributed by atoms with E-state index in [2.05, 4.69) is 5.32 Å². The zero-order valence-corrected chi connectivity index (χ0v) is 14.1. The molecule has 1 heterocycles. The third-order valence-corrected chi connectivity index (χ3v) is 4.69. The Balaban J connectivity index is 1.82. The van der Waals surface area contributed by atoms with Crippen molar-refractivity contribution < 1.29 is 9.53 Å². The zero-order valence-electron chi connectivity index (χ0n) is 13.3. The van der Waals surface area contributed by atoms with Crippen molar-refractivity contribution in [3.05, 3.63) is 34.9 Å². The Morgan fingerprint density at radius 3 is 2.73 bits per heavy atom. The summed E-state index contributed by atoms with van der Waals surface area (Å²) in [5, 5.41) is 3.73. The van der Waals surface area contributed by atoms with Gasteiger partial charge in [-0.05, 0) is 43.7 Å². The van der Waals surface area contributed by atoms with Crippen LogP contribution in [0.25, 0.3) is 0 Å². The largest absolute Gasteiger partial charge is 0.385 e. The van der Waals surface area contributed by atoms with Crippen LogP contribution < -0.4 is 5.32 Å². The molecule has 1 N–H and O–H groups in total. The highest BCUT2D eigenvalue weighted by molar-refractivity contribution is 6.31. The van der Waals surface area contributed by atoms with E-state index >= 15 is 0 Å². The molecular weight excluding hydrogens is 300 g/mol. The molecule has 22 heavy (non-hydrogen) atoms. The van der Waals surface area contributed by atoms with E-state index in [1.807, 2.05) is 36.1 Å². The summed E-state index contributed by atoms with van der Waals surface area (Å²) in [7, 11) is 1.73. The van der Waals surface area contributed by atoms with Gasteiger partial charge in [-0.2, -0.15) is 0 Å². The van der Waals surface area contributed by atoms with E-state index in [1.165, 1.54) is 0 Å². The summed E-state index contributed by atoms with van der Waals surface area (Å²) < 4.78 is 5.13. The number of likely N-dealkylation sites (tertiary alicyclic amines) is 1. The summed E-state index contributed by atoms with van der Waals surface area (Å²) in [6.07, 6.45) is 3.19. The Kier molecular flexibility index (Phi) is 6.52. The Labute approximate surface area is 137 Å². The molecule has 1 aromatic rings. The highest BCUT2D eigenvalue weighted by atomic mass is 35.5. The number of urea groups is 1. The van der Waals surface area contributed by atoms with Gasteiger partial charge in [0.25, 0.3) is 0 Å². The molecule has 1 atom stereocenters. The molecular formula is C17H25ClN2O2. The fourth-order valence-corrected chi connectivity index (χ4v) is 3.19. The van der Waals surface area contributed by atoms with E-state index in [4.69, 9.17) is 16.3 Å². The molecule has 122 valence electrons. The highest BCUT2D eigenvalue weighted by Crippen LogP contribution is 2.24. The number of halogens is 1. The minimum absolute atomic E-state index is 0.00221. The number of hydrogen-bond donors (Lipinski definition) is 1. The summed E-state index contributed by atoms with van der Waals surface area (Å²) in [6.45, 7) is 4.40. The maximum absolute atomic E-state index is 12.4. The van der Waals surface area contributed by atoms with Gasteiger partial charge in [0.05, 0.1) is 6.04 Å². The van der Waals surface area contributed by atoms with Crippen LogP contribution >= 0.6 is 11.6 Å². The van der Waals surface area contributed by atoms with Crippen molar-refractivity contribution in [1.82, 2.24) is 10.2 Å². The highest BCUT2D eigenvalue weighted by Gasteiger charge is 2.23. The Morgan fingerprint density at radius 1 is 1.41 bits per heavy atom. The van der Waals surface area contributed by atoms with Gasteiger partial charge in [-0.3, -0.25) is 0 Å². The van der Waals surface area contributed by atoms with Crippen molar-refractivity contribution in [3.63, 3.8) is 0 Å². The van der Waals surface area contributed by atoms with Crippen molar-refractivity contribution in [2.75, 3.05) is 26.8 Å². The standard InChI is InChI=1S/C17H25ClN2O2/c1-13(15-5-3-4-6-16(15)18)19-17(21)20-10-7-14(8-11-20)9-12-22-2/h3-6,13-14H,7-12H2,1-2H3,(H,19,21)/t13-/m0/s1. The Bertz CT molecular complexity index is 487. The zero-order chi connectivity index (χ0) is 15.9. The lowest BCUT2D eigenvalue weighted by Crippen LogP contribution is -2.45. The van der Waals surface area contributed by atoms with Gasteiger partial charge in [-0.15, -0.1) is 0 Å². The lowest BCUT2D eigenvalue weighted by atomic mass is 9.94. The fourth-order valence-electron chi connectivity index (χ4n) is 2.89. The maximum atomic E-state index is 12.4. The number of piperidine rings is 1. The van der Waals surface area contributed by atoms with Crippen LogP contribution in [-0.2, 0) is 4.74 Å². The van der Waals surface area contributed by atoms with Gasteiger partial charge in [0.2, 0.25) is 0 Å². The first kappa shape index (κ1) is 17.1. The van der Waals surface area contributed by atoms with Gasteiger partial charge in [-0.25, -0.2) is 4.79 Å². The van der Waals surface area contributed by atoms with E-state index in [0.29, 0.717) is 10.9 Å². The van der Waals surface area contributed by atoms with Crippen molar-refractivity contribution >= 4 is 17.6 Å². The molecule has 0 saturated carbocycles. The molecule has 1 fully saturated rings. The van der Waals surface area contributed by atoms with Crippen LogP contribution in [0.5, 0.6) is 0 Å². The molecule has 0 radical (unpaired) electrons. The lowest BCUT2D eigenvalue weighted by molar-refractivity contribution is 0.138. The average Bonchev–Trinajstić information content (AvgIpc) is 2.53. The lowest BCUT2D eigenvalue weighted by Gasteiger charge is -2.33. The Hall–Kier alpha value is -1.26. The van der Waals surface area contributed by atoms with E-state index in [1.54, 1.807) is 7.11 Å². The molecule has 5 heteroatoms. The van der Waals surface area contributed by atoms with Gasteiger partial charge < -0.3 is 15.0 Å². The monoisotopic (exact) mass is 324 g/mol. The first-order valence-electron chi connectivity index (χ1n) is 7.90. The van der Waals surface area contributed by atoms with Crippen LogP contribution in [0.1, 0.15) is 37.8 Å². The van der Waals surface area contributed by atoms with Crippen molar-refractivity contribution in [2.45, 2.75) is 32.2 Å². The van der Waals surface area contributed by atoms with Gasteiger partial charge in [0.15, 0.2) is 0 Å². The van der Waals surface area contributed by atoms with E-state index in [-0.39, 0.29) is 12.1 Å². The molecule has 2 amide bonds. The molecule has 0 aromatic heterocycles. The van der Waals surface area contributed by atoms with Crippen molar-refractivity contribution in [2.24, 2.45) is 5.92 Å². The van der Waals surface area contributed by atoms with Crippen molar-refractivity contribution in [1.29, 1.82) is 0 Å². The minimum Gasteiger partial charge on any atom is -0.385 e. The quantitative estimate of drug-likeness (QED) is 0.893. The van der Waals surface area contributed by atoms with E-state index in [0.717, 1.165) is 44.5 Å². The number of amides is 2. The molecule has 1 aromatic carbocycles. The number of carbonyl (C=O) groups is 1. The first-order valence-corrected chi connectivity index (χ1v) is 8.28. The molecule has 0 unspecified atom stereocenters. The third-order valence-electron chi connectivity index (χ3n) is 4.34. The predicted octanol–water partition coefficient (Wildman–Crippen LogP) is 3.86. The average molecular weight is 325 g/mol. The van der Waals surface area contributed by atoms with Gasteiger partial charge in [-0.1, -0.05) is 29.8 Å².